The first kappa shape index (κ1) is 22.9. The minimum Gasteiger partial charge on any atom is -0.366 e. The van der Waals surface area contributed by atoms with E-state index in [0.717, 1.165) is 0 Å². The van der Waals surface area contributed by atoms with Crippen LogP contribution >= 0.6 is 15.2 Å². The average molecular weight is 439 g/mol. The number of rotatable bonds is 11. The molecule has 0 spiro atoms. The normalized spacial score (nSPS) is 14.9. The lowest BCUT2D eigenvalue weighted by molar-refractivity contribution is 0.0764. The minimum atomic E-state index is -4.24. The predicted molar refractivity (Wildman–Crippen MR) is 98.7 cm³/mol. The number of aromatic nitrogens is 4. The summed E-state index contributed by atoms with van der Waals surface area (Å²) in [5, 5.41) is 3.00. The van der Waals surface area contributed by atoms with Crippen LogP contribution in [0.1, 0.15) is 13.8 Å². The molecule has 0 amide bonds. The summed E-state index contributed by atoms with van der Waals surface area (Å²) < 4.78 is 33.6. The van der Waals surface area contributed by atoms with E-state index in [1.54, 1.807) is 18.4 Å². The molecule has 0 saturated carbocycles. The van der Waals surface area contributed by atoms with E-state index in [2.05, 4.69) is 20.3 Å². The molecule has 5 N–H and O–H groups in total. The van der Waals surface area contributed by atoms with E-state index in [1.165, 1.54) is 12.7 Å². The zero-order chi connectivity index (χ0) is 20.9. The van der Waals surface area contributed by atoms with E-state index in [1.807, 2.05) is 0 Å². The topological polar surface area (TPSA) is 189 Å². The summed E-state index contributed by atoms with van der Waals surface area (Å²) in [5.74, 6) is 0.416. The molecule has 2 atom stereocenters. The maximum atomic E-state index is 10.9. The molecule has 2 aromatic rings. The number of hydrogen-bond donors (Lipinski definition) is 5. The Kier molecular flexibility index (Phi) is 7.66. The van der Waals surface area contributed by atoms with Crippen molar-refractivity contribution in [3.8, 4) is 0 Å². The molecule has 0 aliphatic heterocycles. The van der Waals surface area contributed by atoms with E-state index in [0.29, 0.717) is 17.0 Å². The van der Waals surface area contributed by atoms with Crippen molar-refractivity contribution < 1.29 is 38.2 Å². The molecule has 0 fully saturated rings. The highest BCUT2D eigenvalue weighted by atomic mass is 31.2. The summed E-state index contributed by atoms with van der Waals surface area (Å²) >= 11 is 0. The lowest BCUT2D eigenvalue weighted by atomic mass is 10.4. The average Bonchev–Trinajstić information content (AvgIpc) is 2.98. The van der Waals surface area contributed by atoms with Crippen molar-refractivity contribution in [2.24, 2.45) is 0 Å². The molecule has 2 rings (SSSR count). The van der Waals surface area contributed by atoms with Gasteiger partial charge in [0.2, 0.25) is 0 Å². The van der Waals surface area contributed by atoms with Gasteiger partial charge in [0.25, 0.3) is 0 Å². The number of nitrogens with zero attached hydrogens (tertiary/aromatic N) is 4. The predicted octanol–water partition coefficient (Wildman–Crippen LogP) is 0.319. The van der Waals surface area contributed by atoms with Crippen LogP contribution in [0.25, 0.3) is 11.2 Å². The molecule has 2 heterocycles. The Morgan fingerprint density at radius 3 is 2.25 bits per heavy atom. The standard InChI is InChI=1S/C13H23N5O8P2/c1-9(25-7-27(19,20)21)3-14-12-11-13(16-5-15-12)18(6-17-11)4-10(2)26-8-28(22,23)24/h5-6,9-10H,3-4,7-8H2,1-2H3,(H,14,15,16)(H2,19,20,21)(H2,22,23,24)/t9-,10-/m1/s1. The molecule has 15 heteroatoms. The van der Waals surface area contributed by atoms with Crippen LogP contribution < -0.4 is 5.32 Å². The quantitative estimate of drug-likeness (QED) is 0.302. The van der Waals surface area contributed by atoms with Gasteiger partial charge in [-0.15, -0.1) is 0 Å². The maximum absolute atomic E-state index is 10.9. The van der Waals surface area contributed by atoms with Crippen LogP contribution in [0.3, 0.4) is 0 Å². The Hall–Kier alpha value is -1.43. The third-order valence-electron chi connectivity index (χ3n) is 3.47. The maximum Gasteiger partial charge on any atom is 0.350 e. The van der Waals surface area contributed by atoms with Crippen molar-refractivity contribution in [1.29, 1.82) is 0 Å². The van der Waals surface area contributed by atoms with Gasteiger partial charge in [-0.2, -0.15) is 0 Å². The van der Waals surface area contributed by atoms with Gasteiger partial charge in [0.05, 0.1) is 25.1 Å². The van der Waals surface area contributed by atoms with Gasteiger partial charge in [-0.3, -0.25) is 9.13 Å². The monoisotopic (exact) mass is 439 g/mol. The highest BCUT2D eigenvalue weighted by molar-refractivity contribution is 7.51. The molecule has 0 radical (unpaired) electrons. The van der Waals surface area contributed by atoms with Crippen LogP contribution in [-0.2, 0) is 25.1 Å². The number of anilines is 1. The van der Waals surface area contributed by atoms with Gasteiger partial charge in [0.1, 0.15) is 24.5 Å². The van der Waals surface area contributed by atoms with Gasteiger partial charge in [0.15, 0.2) is 11.5 Å². The SMILES string of the molecule is C[C@H](CNc1ncnc2c1ncn2C[C@@H](C)OCP(=O)(O)O)OCP(=O)(O)O. The van der Waals surface area contributed by atoms with Crippen LogP contribution in [0.2, 0.25) is 0 Å². The third kappa shape index (κ3) is 7.53. The van der Waals surface area contributed by atoms with E-state index in [4.69, 9.17) is 29.0 Å². The first-order valence-corrected chi connectivity index (χ1v) is 11.8. The van der Waals surface area contributed by atoms with Crippen molar-refractivity contribution in [3.63, 3.8) is 0 Å². The van der Waals surface area contributed by atoms with Crippen LogP contribution in [0.4, 0.5) is 5.82 Å². The van der Waals surface area contributed by atoms with Crippen molar-refractivity contribution in [2.45, 2.75) is 32.6 Å². The van der Waals surface area contributed by atoms with Gasteiger partial charge in [-0.25, -0.2) is 15.0 Å². The molecule has 28 heavy (non-hydrogen) atoms. The van der Waals surface area contributed by atoms with Crippen molar-refractivity contribution in [3.05, 3.63) is 12.7 Å². The third-order valence-corrected chi connectivity index (χ3v) is 4.44. The lowest BCUT2D eigenvalue weighted by Crippen LogP contribution is -2.21. The number of hydrogen-bond acceptors (Lipinski definition) is 8. The van der Waals surface area contributed by atoms with E-state index >= 15 is 0 Å². The van der Waals surface area contributed by atoms with Gasteiger partial charge < -0.3 is 38.9 Å². The van der Waals surface area contributed by atoms with Crippen LogP contribution in [-0.4, -0.2) is 70.5 Å². The van der Waals surface area contributed by atoms with Gasteiger partial charge >= 0.3 is 15.2 Å². The van der Waals surface area contributed by atoms with Crippen molar-refractivity contribution in [2.75, 3.05) is 24.6 Å². The Bertz CT molecular complexity index is 881. The summed E-state index contributed by atoms with van der Waals surface area (Å²) in [4.78, 5) is 47.9. The fourth-order valence-corrected chi connectivity index (χ4v) is 3.12. The highest BCUT2D eigenvalue weighted by Gasteiger charge is 2.18. The Labute approximate surface area is 160 Å². The smallest absolute Gasteiger partial charge is 0.350 e. The first-order valence-electron chi connectivity index (χ1n) is 8.16. The van der Waals surface area contributed by atoms with Crippen LogP contribution in [0.5, 0.6) is 0 Å². The second-order valence-electron chi connectivity index (χ2n) is 6.21. The molecule has 0 unspecified atom stereocenters. The molecule has 13 nitrogen and oxygen atoms in total. The summed E-state index contributed by atoms with van der Waals surface area (Å²) in [7, 11) is -8.48. The largest absolute Gasteiger partial charge is 0.366 e. The zero-order valence-corrected chi connectivity index (χ0v) is 17.0. The number of imidazole rings is 1. The van der Waals surface area contributed by atoms with Crippen LogP contribution in [0.15, 0.2) is 12.7 Å². The Balaban J connectivity index is 2.00. The molecule has 2 aromatic heterocycles. The van der Waals surface area contributed by atoms with E-state index < -0.39 is 40.1 Å². The fourth-order valence-electron chi connectivity index (χ4n) is 2.22. The molecular formula is C13H23N5O8P2. The molecule has 0 aliphatic rings. The summed E-state index contributed by atoms with van der Waals surface area (Å²) in [6, 6.07) is 0. The lowest BCUT2D eigenvalue weighted by Gasteiger charge is -2.15. The highest BCUT2D eigenvalue weighted by Crippen LogP contribution is 2.35. The van der Waals surface area contributed by atoms with Gasteiger partial charge in [0, 0.05) is 6.54 Å². The second kappa shape index (κ2) is 9.38. The molecule has 0 aromatic carbocycles. The van der Waals surface area contributed by atoms with E-state index in [9.17, 15) is 9.13 Å². The molecule has 0 aliphatic carbocycles. The van der Waals surface area contributed by atoms with Gasteiger partial charge in [-0.1, -0.05) is 0 Å². The molecular weight excluding hydrogens is 416 g/mol. The number of fused-ring (bicyclic) bond motifs is 1. The van der Waals surface area contributed by atoms with E-state index in [-0.39, 0.29) is 13.1 Å². The summed E-state index contributed by atoms with van der Waals surface area (Å²) in [6.45, 7) is 3.83. The van der Waals surface area contributed by atoms with Crippen molar-refractivity contribution >= 4 is 32.2 Å². The number of nitrogens with one attached hydrogen (secondary N) is 1. The molecule has 0 saturated heterocycles. The molecule has 158 valence electrons. The summed E-state index contributed by atoms with van der Waals surface area (Å²) in [5.41, 5.74) is 0.958. The number of ether oxygens (including phenoxy) is 2. The second-order valence-corrected chi connectivity index (χ2v) is 9.39. The first-order chi connectivity index (χ1) is 12.9. The summed E-state index contributed by atoms with van der Waals surface area (Å²) in [6.07, 6.45) is 0.518. The Morgan fingerprint density at radius 2 is 1.64 bits per heavy atom. The van der Waals surface area contributed by atoms with Crippen LogP contribution in [0, 0.1) is 0 Å². The fraction of sp³-hybridized carbons (Fsp3) is 0.615. The van der Waals surface area contributed by atoms with Crippen molar-refractivity contribution in [1.82, 2.24) is 19.5 Å². The Morgan fingerprint density at radius 1 is 1.04 bits per heavy atom. The van der Waals surface area contributed by atoms with Gasteiger partial charge in [-0.05, 0) is 13.8 Å². The molecule has 0 bridgehead atoms. The zero-order valence-electron chi connectivity index (χ0n) is 15.2. The minimum absolute atomic E-state index is 0.237.